The fraction of sp³-hybridized carbons (Fsp3) is 0.176. The lowest BCUT2D eigenvalue weighted by molar-refractivity contribution is -0.123. The summed E-state index contributed by atoms with van der Waals surface area (Å²) in [6, 6.07) is 14.4. The lowest BCUT2D eigenvalue weighted by atomic mass is 10.1. The minimum absolute atomic E-state index is 0.139. The highest BCUT2D eigenvalue weighted by Crippen LogP contribution is 2.22. The van der Waals surface area contributed by atoms with Crippen molar-refractivity contribution in [3.05, 3.63) is 64.1 Å². The third-order valence-electron chi connectivity index (χ3n) is 3.15. The van der Waals surface area contributed by atoms with Crippen LogP contribution in [0, 0.1) is 0 Å². The maximum atomic E-state index is 12.0. The van der Waals surface area contributed by atoms with Crippen molar-refractivity contribution >= 4 is 28.1 Å². The number of rotatable bonds is 6. The maximum absolute atomic E-state index is 12.0. The van der Waals surface area contributed by atoms with Gasteiger partial charge in [-0.2, -0.15) is 0 Å². The minimum atomic E-state index is -0.246. The molecule has 0 bridgehead atoms. The number of halogens is 1. The van der Waals surface area contributed by atoms with Gasteiger partial charge in [0, 0.05) is 4.47 Å². The van der Waals surface area contributed by atoms with E-state index in [1.807, 2.05) is 31.2 Å². The molecule has 5 heteroatoms. The first kappa shape index (κ1) is 16.2. The van der Waals surface area contributed by atoms with Gasteiger partial charge in [0.25, 0.3) is 5.91 Å². The highest BCUT2D eigenvalue weighted by molar-refractivity contribution is 9.10. The number of aldehydes is 1. The number of carbonyl (C=O) groups excluding carboxylic acids is 2. The number of amides is 1. The molecule has 0 aliphatic carbocycles. The standard InChI is InChI=1S/C17H16BrNO3/c1-12(14-7-3-4-8-15(14)18)19-17(21)11-22-16-9-5-2-6-13(16)10-20/h2-10,12H,11H2,1H3,(H,19,21). The summed E-state index contributed by atoms with van der Waals surface area (Å²) in [7, 11) is 0. The summed E-state index contributed by atoms with van der Waals surface area (Å²) in [5, 5.41) is 2.86. The molecule has 0 radical (unpaired) electrons. The van der Waals surface area contributed by atoms with E-state index in [2.05, 4.69) is 21.2 Å². The molecule has 0 saturated heterocycles. The number of hydrogen-bond donors (Lipinski definition) is 1. The molecule has 0 aliphatic rings. The van der Waals surface area contributed by atoms with Crippen molar-refractivity contribution in [1.82, 2.24) is 5.32 Å². The quantitative estimate of drug-likeness (QED) is 0.800. The largest absolute Gasteiger partial charge is 0.483 e. The third-order valence-corrected chi connectivity index (χ3v) is 3.88. The van der Waals surface area contributed by atoms with Gasteiger partial charge in [0.1, 0.15) is 5.75 Å². The fourth-order valence-corrected chi connectivity index (χ4v) is 2.67. The van der Waals surface area contributed by atoms with E-state index in [-0.39, 0.29) is 18.6 Å². The second-order valence-corrected chi connectivity index (χ2v) is 5.61. The number of para-hydroxylation sites is 1. The van der Waals surface area contributed by atoms with Gasteiger partial charge >= 0.3 is 0 Å². The van der Waals surface area contributed by atoms with Gasteiger partial charge in [-0.1, -0.05) is 46.3 Å². The van der Waals surface area contributed by atoms with Crippen molar-refractivity contribution in [2.75, 3.05) is 6.61 Å². The maximum Gasteiger partial charge on any atom is 0.258 e. The molecular formula is C17H16BrNO3. The zero-order valence-electron chi connectivity index (χ0n) is 12.1. The smallest absolute Gasteiger partial charge is 0.258 e. The van der Waals surface area contributed by atoms with Gasteiger partial charge in [-0.05, 0) is 30.7 Å². The summed E-state index contributed by atoms with van der Waals surface area (Å²) in [4.78, 5) is 22.9. The van der Waals surface area contributed by atoms with E-state index in [1.165, 1.54) is 0 Å². The summed E-state index contributed by atoms with van der Waals surface area (Å²) in [5.74, 6) is 0.158. The van der Waals surface area contributed by atoms with Crippen LogP contribution in [0.15, 0.2) is 53.0 Å². The van der Waals surface area contributed by atoms with Crippen molar-refractivity contribution in [2.45, 2.75) is 13.0 Å². The molecule has 2 aromatic rings. The Balaban J connectivity index is 1.93. The van der Waals surface area contributed by atoms with E-state index in [0.29, 0.717) is 17.6 Å². The number of benzene rings is 2. The molecule has 0 saturated carbocycles. The normalized spacial score (nSPS) is 11.5. The second-order valence-electron chi connectivity index (χ2n) is 4.76. The Hall–Kier alpha value is -2.14. The molecule has 2 rings (SSSR count). The van der Waals surface area contributed by atoms with Gasteiger partial charge < -0.3 is 10.1 Å². The Labute approximate surface area is 137 Å². The molecule has 22 heavy (non-hydrogen) atoms. The number of ether oxygens (including phenoxy) is 1. The molecule has 1 N–H and O–H groups in total. The molecule has 0 fully saturated rings. The minimum Gasteiger partial charge on any atom is -0.483 e. The van der Waals surface area contributed by atoms with E-state index in [9.17, 15) is 9.59 Å². The van der Waals surface area contributed by atoms with Crippen LogP contribution in [-0.2, 0) is 4.79 Å². The highest BCUT2D eigenvalue weighted by Gasteiger charge is 2.13. The van der Waals surface area contributed by atoms with Crippen LogP contribution in [0.4, 0.5) is 0 Å². The van der Waals surface area contributed by atoms with Crippen LogP contribution in [0.25, 0.3) is 0 Å². The Morgan fingerprint density at radius 2 is 1.91 bits per heavy atom. The SMILES string of the molecule is CC(NC(=O)COc1ccccc1C=O)c1ccccc1Br. The zero-order valence-corrected chi connectivity index (χ0v) is 13.7. The monoisotopic (exact) mass is 361 g/mol. The molecule has 0 heterocycles. The van der Waals surface area contributed by atoms with Gasteiger partial charge in [-0.25, -0.2) is 0 Å². The topological polar surface area (TPSA) is 55.4 Å². The van der Waals surface area contributed by atoms with Crippen LogP contribution < -0.4 is 10.1 Å². The van der Waals surface area contributed by atoms with Gasteiger partial charge in [-0.3, -0.25) is 9.59 Å². The van der Waals surface area contributed by atoms with Gasteiger partial charge in [0.2, 0.25) is 0 Å². The number of hydrogen-bond acceptors (Lipinski definition) is 3. The predicted molar refractivity (Wildman–Crippen MR) is 88.0 cm³/mol. The first-order valence-corrected chi connectivity index (χ1v) is 7.62. The molecular weight excluding hydrogens is 346 g/mol. The van der Waals surface area contributed by atoms with E-state index < -0.39 is 0 Å². The van der Waals surface area contributed by atoms with E-state index in [4.69, 9.17) is 4.74 Å². The lowest BCUT2D eigenvalue weighted by Gasteiger charge is -2.16. The average molecular weight is 362 g/mol. The molecule has 1 atom stereocenters. The number of nitrogens with one attached hydrogen (secondary N) is 1. The first-order valence-electron chi connectivity index (χ1n) is 6.82. The van der Waals surface area contributed by atoms with Crippen molar-refractivity contribution in [3.63, 3.8) is 0 Å². The predicted octanol–water partition coefficient (Wildman–Crippen LogP) is 3.52. The molecule has 4 nitrogen and oxygen atoms in total. The summed E-state index contributed by atoms with van der Waals surface area (Å²) in [6.45, 7) is 1.76. The van der Waals surface area contributed by atoms with Crippen molar-refractivity contribution in [2.24, 2.45) is 0 Å². The fourth-order valence-electron chi connectivity index (χ4n) is 2.04. The average Bonchev–Trinajstić information content (AvgIpc) is 2.53. The lowest BCUT2D eigenvalue weighted by Crippen LogP contribution is -2.31. The summed E-state index contributed by atoms with van der Waals surface area (Å²) in [6.07, 6.45) is 0.705. The molecule has 1 amide bonds. The molecule has 0 aliphatic heterocycles. The van der Waals surface area contributed by atoms with Crippen LogP contribution in [0.5, 0.6) is 5.75 Å². The van der Waals surface area contributed by atoms with Crippen molar-refractivity contribution in [1.29, 1.82) is 0 Å². The van der Waals surface area contributed by atoms with Crippen LogP contribution in [0.2, 0.25) is 0 Å². The molecule has 0 spiro atoms. The Bertz CT molecular complexity index is 672. The van der Waals surface area contributed by atoms with Gasteiger partial charge in [0.15, 0.2) is 12.9 Å². The Kier molecular flexibility index (Phi) is 5.72. The van der Waals surface area contributed by atoms with E-state index in [0.717, 1.165) is 10.0 Å². The van der Waals surface area contributed by atoms with Gasteiger partial charge in [0.05, 0.1) is 11.6 Å². The van der Waals surface area contributed by atoms with E-state index >= 15 is 0 Å². The summed E-state index contributed by atoms with van der Waals surface area (Å²) >= 11 is 3.46. The van der Waals surface area contributed by atoms with Crippen LogP contribution >= 0.6 is 15.9 Å². The summed E-state index contributed by atoms with van der Waals surface area (Å²) in [5.41, 5.74) is 1.42. The Morgan fingerprint density at radius 3 is 2.64 bits per heavy atom. The third kappa shape index (κ3) is 4.18. The molecule has 0 aromatic heterocycles. The van der Waals surface area contributed by atoms with Crippen molar-refractivity contribution in [3.8, 4) is 5.75 Å². The van der Waals surface area contributed by atoms with Crippen LogP contribution in [0.3, 0.4) is 0 Å². The Morgan fingerprint density at radius 1 is 1.23 bits per heavy atom. The van der Waals surface area contributed by atoms with Gasteiger partial charge in [-0.15, -0.1) is 0 Å². The van der Waals surface area contributed by atoms with Crippen LogP contribution in [0.1, 0.15) is 28.9 Å². The van der Waals surface area contributed by atoms with E-state index in [1.54, 1.807) is 24.3 Å². The molecule has 2 aromatic carbocycles. The second kappa shape index (κ2) is 7.75. The van der Waals surface area contributed by atoms with Crippen molar-refractivity contribution < 1.29 is 14.3 Å². The molecule has 1 unspecified atom stereocenters. The molecule has 114 valence electrons. The summed E-state index contributed by atoms with van der Waals surface area (Å²) < 4.78 is 6.34. The zero-order chi connectivity index (χ0) is 15.9. The first-order chi connectivity index (χ1) is 10.6. The number of carbonyl (C=O) groups is 2. The highest BCUT2D eigenvalue weighted by atomic mass is 79.9. The van der Waals surface area contributed by atoms with Crippen LogP contribution in [-0.4, -0.2) is 18.8 Å².